The van der Waals surface area contributed by atoms with Gasteiger partial charge in [-0.1, -0.05) is 12.2 Å². The Morgan fingerprint density at radius 2 is 1.41 bits per heavy atom. The van der Waals surface area contributed by atoms with Gasteiger partial charge < -0.3 is 24.4 Å². The molecule has 0 saturated carbocycles. The molecule has 0 aliphatic carbocycles. The second-order valence-electron chi connectivity index (χ2n) is 3.85. The van der Waals surface area contributed by atoms with Crippen molar-refractivity contribution in [2.24, 2.45) is 0 Å². The lowest BCUT2D eigenvalue weighted by atomic mass is 10.1. The zero-order valence-corrected chi connectivity index (χ0v) is 9.83. The largest absolute Gasteiger partial charge is 0.388 e. The molecular weight excluding hydrogens is 224 g/mol. The molecule has 0 spiro atoms. The van der Waals surface area contributed by atoms with Gasteiger partial charge in [0.2, 0.25) is 0 Å². The van der Waals surface area contributed by atoms with Gasteiger partial charge in [0.15, 0.2) is 0 Å². The first kappa shape index (κ1) is 14.3. The summed E-state index contributed by atoms with van der Waals surface area (Å²) in [7, 11) is 0. The highest BCUT2D eigenvalue weighted by Gasteiger charge is 2.46. The maximum atomic E-state index is 9.16. The second kappa shape index (κ2) is 7.58. The van der Waals surface area contributed by atoms with E-state index in [9.17, 15) is 0 Å². The Morgan fingerprint density at radius 1 is 1.00 bits per heavy atom. The number of aliphatic hydroxyl groups is 2. The third-order valence-corrected chi connectivity index (χ3v) is 2.47. The van der Waals surface area contributed by atoms with E-state index in [0.717, 1.165) is 0 Å². The molecule has 0 aromatic heterocycles. The van der Waals surface area contributed by atoms with Crippen molar-refractivity contribution >= 4 is 0 Å². The maximum Gasteiger partial charge on any atom is 0.114 e. The molecule has 2 aliphatic heterocycles. The minimum atomic E-state index is -0.554. The third-order valence-electron chi connectivity index (χ3n) is 2.47. The van der Waals surface area contributed by atoms with Crippen molar-refractivity contribution in [2.75, 3.05) is 26.4 Å². The van der Waals surface area contributed by atoms with E-state index in [0.29, 0.717) is 13.2 Å². The van der Waals surface area contributed by atoms with Gasteiger partial charge in [0, 0.05) is 0 Å². The topological polar surface area (TPSA) is 68.2 Å². The SMILES string of the molecule is C=CCOCC=C.O[C@@H]1CO[C@H]2[C@@H]1OC[C@@H]2O. The van der Waals surface area contributed by atoms with E-state index in [1.165, 1.54) is 0 Å². The monoisotopic (exact) mass is 244 g/mol. The molecule has 0 radical (unpaired) electrons. The molecule has 0 bridgehead atoms. The van der Waals surface area contributed by atoms with Crippen molar-refractivity contribution in [3.05, 3.63) is 25.3 Å². The molecule has 2 rings (SSSR count). The Labute approximate surface area is 101 Å². The number of hydrogen-bond acceptors (Lipinski definition) is 5. The van der Waals surface area contributed by atoms with Crippen molar-refractivity contribution in [3.8, 4) is 0 Å². The molecule has 2 fully saturated rings. The minimum Gasteiger partial charge on any atom is -0.388 e. The Bertz CT molecular complexity index is 219. The van der Waals surface area contributed by atoms with Gasteiger partial charge in [0.25, 0.3) is 0 Å². The molecule has 0 amide bonds. The van der Waals surface area contributed by atoms with Gasteiger partial charge in [-0.15, -0.1) is 13.2 Å². The first-order valence-electron chi connectivity index (χ1n) is 5.59. The smallest absolute Gasteiger partial charge is 0.114 e. The molecule has 0 aromatic carbocycles. The predicted octanol–water partition coefficient (Wildman–Crippen LogP) is -0.119. The molecule has 5 heteroatoms. The Morgan fingerprint density at radius 3 is 1.76 bits per heavy atom. The van der Waals surface area contributed by atoms with E-state index < -0.39 is 12.2 Å². The maximum absolute atomic E-state index is 9.16. The van der Waals surface area contributed by atoms with Gasteiger partial charge in [0.05, 0.1) is 26.4 Å². The highest BCUT2D eigenvalue weighted by Crippen LogP contribution is 2.26. The predicted molar refractivity (Wildman–Crippen MR) is 62.7 cm³/mol. The normalized spacial score (nSPS) is 34.7. The molecule has 17 heavy (non-hydrogen) atoms. The molecule has 0 aromatic rings. The molecule has 4 atom stereocenters. The van der Waals surface area contributed by atoms with Crippen molar-refractivity contribution in [2.45, 2.75) is 24.4 Å². The van der Waals surface area contributed by atoms with Crippen LogP contribution in [0.4, 0.5) is 0 Å². The van der Waals surface area contributed by atoms with Crippen LogP contribution in [0, 0.1) is 0 Å². The lowest BCUT2D eigenvalue weighted by Crippen LogP contribution is -2.30. The van der Waals surface area contributed by atoms with Gasteiger partial charge >= 0.3 is 0 Å². The van der Waals surface area contributed by atoms with Crippen LogP contribution < -0.4 is 0 Å². The first-order valence-corrected chi connectivity index (χ1v) is 5.59. The summed E-state index contributed by atoms with van der Waals surface area (Å²) in [6, 6.07) is 0. The van der Waals surface area contributed by atoms with E-state index >= 15 is 0 Å². The third kappa shape index (κ3) is 4.22. The number of fused-ring (bicyclic) bond motifs is 1. The lowest BCUT2D eigenvalue weighted by Gasteiger charge is -2.09. The van der Waals surface area contributed by atoms with Crippen LogP contribution >= 0.6 is 0 Å². The van der Waals surface area contributed by atoms with Crippen molar-refractivity contribution in [1.29, 1.82) is 0 Å². The molecular formula is C12H20O5. The molecule has 2 aliphatic rings. The summed E-state index contributed by atoms with van der Waals surface area (Å²) >= 11 is 0. The summed E-state index contributed by atoms with van der Waals surface area (Å²) in [5.74, 6) is 0. The van der Waals surface area contributed by atoms with Crippen LogP contribution in [0.2, 0.25) is 0 Å². The van der Waals surface area contributed by atoms with Crippen LogP contribution in [0.15, 0.2) is 25.3 Å². The van der Waals surface area contributed by atoms with Gasteiger partial charge in [-0.25, -0.2) is 0 Å². The zero-order chi connectivity index (χ0) is 12.7. The Balaban J connectivity index is 0.000000185. The van der Waals surface area contributed by atoms with E-state index in [4.69, 9.17) is 24.4 Å². The number of ether oxygens (including phenoxy) is 3. The average Bonchev–Trinajstić information content (AvgIpc) is 2.86. The molecule has 2 N–H and O–H groups in total. The van der Waals surface area contributed by atoms with Crippen molar-refractivity contribution in [3.63, 3.8) is 0 Å². The van der Waals surface area contributed by atoms with E-state index in [1.54, 1.807) is 12.2 Å². The molecule has 2 heterocycles. The average molecular weight is 244 g/mol. The van der Waals surface area contributed by atoms with Crippen LogP contribution in [0.25, 0.3) is 0 Å². The number of hydrogen-bond donors (Lipinski definition) is 2. The summed E-state index contributed by atoms with van der Waals surface area (Å²) in [6.07, 6.45) is 1.72. The second-order valence-corrected chi connectivity index (χ2v) is 3.85. The van der Waals surface area contributed by atoms with E-state index in [-0.39, 0.29) is 25.4 Å². The zero-order valence-electron chi connectivity index (χ0n) is 9.83. The highest BCUT2D eigenvalue weighted by atomic mass is 16.6. The van der Waals surface area contributed by atoms with Crippen LogP contribution in [0.5, 0.6) is 0 Å². The van der Waals surface area contributed by atoms with Crippen molar-refractivity contribution in [1.82, 2.24) is 0 Å². The summed E-state index contributed by atoms with van der Waals surface area (Å²) in [5, 5.41) is 18.3. The fraction of sp³-hybridized carbons (Fsp3) is 0.667. The summed E-state index contributed by atoms with van der Waals surface area (Å²) in [4.78, 5) is 0. The summed E-state index contributed by atoms with van der Waals surface area (Å²) in [6.45, 7) is 8.75. The van der Waals surface area contributed by atoms with E-state index in [2.05, 4.69) is 13.2 Å². The Hall–Kier alpha value is -0.720. The highest BCUT2D eigenvalue weighted by molar-refractivity contribution is 4.93. The van der Waals surface area contributed by atoms with Gasteiger partial charge in [-0.3, -0.25) is 0 Å². The van der Waals surface area contributed by atoms with E-state index in [1.807, 2.05) is 0 Å². The quantitative estimate of drug-likeness (QED) is 0.533. The Kier molecular flexibility index (Phi) is 6.39. The van der Waals surface area contributed by atoms with Crippen molar-refractivity contribution < 1.29 is 24.4 Å². The number of rotatable bonds is 4. The van der Waals surface area contributed by atoms with Crippen LogP contribution in [0.3, 0.4) is 0 Å². The molecule has 2 saturated heterocycles. The number of aliphatic hydroxyl groups excluding tert-OH is 2. The standard InChI is InChI=1S/C6H10O4.C6H10O/c7-3-1-9-6-4(8)2-10-5(3)6;1-3-5-7-6-4-2/h3-8H,1-2H2;3-4H,1-2,5-6H2/t3-,4+,5-,6-;/m1./s1. The molecule has 5 nitrogen and oxygen atoms in total. The molecule has 98 valence electrons. The first-order chi connectivity index (χ1) is 8.20. The lowest BCUT2D eigenvalue weighted by molar-refractivity contribution is 0.00205. The fourth-order valence-corrected chi connectivity index (χ4v) is 1.69. The van der Waals surface area contributed by atoms with Crippen LogP contribution in [-0.2, 0) is 14.2 Å². The van der Waals surface area contributed by atoms with Gasteiger partial charge in [0.1, 0.15) is 24.4 Å². The van der Waals surface area contributed by atoms with Gasteiger partial charge in [-0.05, 0) is 0 Å². The van der Waals surface area contributed by atoms with Crippen LogP contribution in [-0.4, -0.2) is 61.1 Å². The van der Waals surface area contributed by atoms with Gasteiger partial charge in [-0.2, -0.15) is 0 Å². The molecule has 0 unspecified atom stereocenters. The minimum absolute atomic E-state index is 0.284. The summed E-state index contributed by atoms with van der Waals surface area (Å²) < 4.78 is 15.0. The van der Waals surface area contributed by atoms with Crippen LogP contribution in [0.1, 0.15) is 0 Å². The fourth-order valence-electron chi connectivity index (χ4n) is 1.69. The summed E-state index contributed by atoms with van der Waals surface area (Å²) in [5.41, 5.74) is 0.